The van der Waals surface area contributed by atoms with Gasteiger partial charge in [0, 0.05) is 31.7 Å². The van der Waals surface area contributed by atoms with E-state index in [2.05, 4.69) is 4.98 Å². The van der Waals surface area contributed by atoms with Crippen LogP contribution < -0.4 is 4.90 Å². The summed E-state index contributed by atoms with van der Waals surface area (Å²) in [4.78, 5) is 19.4. The first-order valence-corrected chi connectivity index (χ1v) is 8.80. The molecule has 0 bridgehead atoms. The van der Waals surface area contributed by atoms with E-state index in [4.69, 9.17) is 0 Å². The van der Waals surface area contributed by atoms with Crippen LogP contribution in [-0.2, 0) is 6.18 Å². The van der Waals surface area contributed by atoms with Crippen LogP contribution in [0.25, 0.3) is 0 Å². The Kier molecular flexibility index (Phi) is 4.99. The Labute approximate surface area is 147 Å². The summed E-state index contributed by atoms with van der Waals surface area (Å²) in [6.07, 6.45) is -2.80. The first kappa shape index (κ1) is 17.7. The van der Waals surface area contributed by atoms with E-state index in [1.807, 2.05) is 30.0 Å². The predicted octanol–water partition coefficient (Wildman–Crippen LogP) is 3.82. The molecule has 0 spiro atoms. The van der Waals surface area contributed by atoms with Gasteiger partial charge in [0.2, 0.25) is 0 Å². The molecule has 1 amide bonds. The summed E-state index contributed by atoms with van der Waals surface area (Å²) in [6, 6.07) is 7.42. The molecule has 25 heavy (non-hydrogen) atoms. The normalized spacial score (nSPS) is 16.0. The molecule has 2 aromatic rings. The average Bonchev–Trinajstić information content (AvgIpc) is 2.94. The molecule has 0 N–H and O–H groups in total. The summed E-state index contributed by atoms with van der Waals surface area (Å²) >= 11 is 0.650. The molecule has 4 nitrogen and oxygen atoms in total. The van der Waals surface area contributed by atoms with Gasteiger partial charge in [-0.3, -0.25) is 4.79 Å². The van der Waals surface area contributed by atoms with Crippen molar-refractivity contribution in [1.82, 2.24) is 9.88 Å². The Bertz CT molecular complexity index is 760. The summed E-state index contributed by atoms with van der Waals surface area (Å²) in [5.41, 5.74) is 1.66. The van der Waals surface area contributed by atoms with Crippen LogP contribution in [0, 0.1) is 6.92 Å². The highest BCUT2D eigenvalue weighted by molar-refractivity contribution is 7.15. The van der Waals surface area contributed by atoms with E-state index in [0.29, 0.717) is 54.6 Å². The summed E-state index contributed by atoms with van der Waals surface area (Å²) in [6.45, 7) is 4.04. The standard InChI is InChI=1S/C17H18F3N3OS/c1-12-4-2-5-13(10-12)15(24)22-6-3-7-23(9-8-22)16-21-11-14(25-16)17(18,19)20/h2,4-5,10-11H,3,6-9H2,1H3. The second kappa shape index (κ2) is 7.03. The molecule has 8 heteroatoms. The Hall–Kier alpha value is -2.09. The summed E-state index contributed by atoms with van der Waals surface area (Å²) in [5, 5.41) is 0.358. The van der Waals surface area contributed by atoms with Crippen molar-refractivity contribution < 1.29 is 18.0 Å². The Morgan fingerprint density at radius 2 is 2.00 bits per heavy atom. The number of anilines is 1. The molecule has 3 rings (SSSR count). The number of carbonyl (C=O) groups is 1. The molecule has 134 valence electrons. The fourth-order valence-electron chi connectivity index (χ4n) is 2.81. The SMILES string of the molecule is Cc1cccc(C(=O)N2CCCN(c3ncc(C(F)(F)F)s3)CC2)c1. The van der Waals surface area contributed by atoms with Gasteiger partial charge in [-0.05, 0) is 25.5 Å². The maximum Gasteiger partial charge on any atom is 0.427 e. The van der Waals surface area contributed by atoms with Crippen molar-refractivity contribution in [2.45, 2.75) is 19.5 Å². The van der Waals surface area contributed by atoms with Crippen molar-refractivity contribution in [3.63, 3.8) is 0 Å². The van der Waals surface area contributed by atoms with Gasteiger partial charge in [0.05, 0.1) is 6.20 Å². The maximum absolute atomic E-state index is 12.7. The van der Waals surface area contributed by atoms with Gasteiger partial charge in [0.1, 0.15) is 4.88 Å². The number of hydrogen-bond acceptors (Lipinski definition) is 4. The number of hydrogen-bond donors (Lipinski definition) is 0. The van der Waals surface area contributed by atoms with Crippen LogP contribution in [0.5, 0.6) is 0 Å². The fourth-order valence-corrected chi connectivity index (χ4v) is 3.65. The van der Waals surface area contributed by atoms with E-state index in [9.17, 15) is 18.0 Å². The smallest absolute Gasteiger partial charge is 0.346 e. The van der Waals surface area contributed by atoms with Crippen molar-refractivity contribution in [3.8, 4) is 0 Å². The van der Waals surface area contributed by atoms with Gasteiger partial charge < -0.3 is 9.80 Å². The van der Waals surface area contributed by atoms with Crippen LogP contribution in [0.4, 0.5) is 18.3 Å². The van der Waals surface area contributed by atoms with E-state index < -0.39 is 11.1 Å². The molecule has 0 radical (unpaired) electrons. The number of rotatable bonds is 2. The topological polar surface area (TPSA) is 36.4 Å². The van der Waals surface area contributed by atoms with Crippen LogP contribution in [0.15, 0.2) is 30.5 Å². The molecule has 0 unspecified atom stereocenters. The number of nitrogens with zero attached hydrogens (tertiary/aromatic N) is 3. The lowest BCUT2D eigenvalue weighted by molar-refractivity contribution is -0.134. The number of thiazole rings is 1. The van der Waals surface area contributed by atoms with Crippen LogP contribution in [0.2, 0.25) is 0 Å². The zero-order valence-corrected chi connectivity index (χ0v) is 14.5. The third-order valence-electron chi connectivity index (χ3n) is 4.09. The molecule has 1 aliphatic rings. The Balaban J connectivity index is 1.68. The molecule has 2 heterocycles. The number of benzene rings is 1. The number of aryl methyl sites for hydroxylation is 1. The number of carbonyl (C=O) groups excluding carboxylic acids is 1. The molecule has 1 saturated heterocycles. The fraction of sp³-hybridized carbons (Fsp3) is 0.412. The van der Waals surface area contributed by atoms with Gasteiger partial charge in [0.25, 0.3) is 5.91 Å². The zero-order chi connectivity index (χ0) is 18.0. The molecule has 0 saturated carbocycles. The number of halogens is 3. The van der Waals surface area contributed by atoms with Crippen molar-refractivity contribution in [2.75, 3.05) is 31.1 Å². The second-order valence-electron chi connectivity index (χ2n) is 6.01. The molecule has 1 aromatic carbocycles. The predicted molar refractivity (Wildman–Crippen MR) is 91.0 cm³/mol. The van der Waals surface area contributed by atoms with Gasteiger partial charge in [-0.2, -0.15) is 13.2 Å². The molecular weight excluding hydrogens is 351 g/mol. The van der Waals surface area contributed by atoms with Gasteiger partial charge >= 0.3 is 6.18 Å². The van der Waals surface area contributed by atoms with E-state index in [0.717, 1.165) is 11.8 Å². The molecular formula is C17H18F3N3OS. The van der Waals surface area contributed by atoms with Gasteiger partial charge in [-0.25, -0.2) is 4.98 Å². The lowest BCUT2D eigenvalue weighted by Crippen LogP contribution is -2.35. The van der Waals surface area contributed by atoms with Crippen LogP contribution >= 0.6 is 11.3 Å². The van der Waals surface area contributed by atoms with Gasteiger partial charge in [-0.1, -0.05) is 29.0 Å². The van der Waals surface area contributed by atoms with E-state index >= 15 is 0 Å². The largest absolute Gasteiger partial charge is 0.427 e. The zero-order valence-electron chi connectivity index (χ0n) is 13.7. The summed E-state index contributed by atoms with van der Waals surface area (Å²) < 4.78 is 38.2. The molecule has 1 aromatic heterocycles. The van der Waals surface area contributed by atoms with E-state index in [-0.39, 0.29) is 5.91 Å². The van der Waals surface area contributed by atoms with Crippen LogP contribution in [0.1, 0.15) is 27.2 Å². The minimum absolute atomic E-state index is 0.0410. The molecule has 0 aliphatic carbocycles. The van der Waals surface area contributed by atoms with Gasteiger partial charge in [0.15, 0.2) is 5.13 Å². The Morgan fingerprint density at radius 1 is 1.20 bits per heavy atom. The molecule has 0 atom stereocenters. The van der Waals surface area contributed by atoms with Crippen LogP contribution in [-0.4, -0.2) is 42.0 Å². The van der Waals surface area contributed by atoms with Crippen molar-refractivity contribution in [2.24, 2.45) is 0 Å². The second-order valence-corrected chi connectivity index (χ2v) is 7.02. The third kappa shape index (κ3) is 4.12. The van der Waals surface area contributed by atoms with Crippen molar-refractivity contribution in [1.29, 1.82) is 0 Å². The lowest BCUT2D eigenvalue weighted by atomic mass is 10.1. The third-order valence-corrected chi connectivity index (χ3v) is 5.19. The minimum atomic E-state index is -4.37. The summed E-state index contributed by atoms with van der Waals surface area (Å²) in [7, 11) is 0. The maximum atomic E-state index is 12.7. The summed E-state index contributed by atoms with van der Waals surface area (Å²) in [5.74, 6) is -0.0410. The lowest BCUT2D eigenvalue weighted by Gasteiger charge is -2.22. The highest BCUT2D eigenvalue weighted by Gasteiger charge is 2.34. The minimum Gasteiger partial charge on any atom is -0.346 e. The Morgan fingerprint density at radius 3 is 2.68 bits per heavy atom. The van der Waals surface area contributed by atoms with Gasteiger partial charge in [-0.15, -0.1) is 0 Å². The highest BCUT2D eigenvalue weighted by atomic mass is 32.1. The monoisotopic (exact) mass is 369 g/mol. The van der Waals surface area contributed by atoms with Crippen molar-refractivity contribution >= 4 is 22.4 Å². The number of alkyl halides is 3. The molecule has 1 fully saturated rings. The van der Waals surface area contributed by atoms with E-state index in [1.165, 1.54) is 0 Å². The first-order valence-electron chi connectivity index (χ1n) is 7.98. The average molecular weight is 369 g/mol. The van der Waals surface area contributed by atoms with E-state index in [1.54, 1.807) is 11.0 Å². The number of amides is 1. The quantitative estimate of drug-likeness (QED) is 0.807. The first-order chi connectivity index (χ1) is 11.8. The van der Waals surface area contributed by atoms with Crippen molar-refractivity contribution in [3.05, 3.63) is 46.5 Å². The molecule has 1 aliphatic heterocycles. The van der Waals surface area contributed by atoms with Crippen LogP contribution in [0.3, 0.4) is 0 Å². The number of aromatic nitrogens is 1. The highest BCUT2D eigenvalue weighted by Crippen LogP contribution is 2.36.